The van der Waals surface area contributed by atoms with Crippen molar-refractivity contribution in [3.05, 3.63) is 54.1 Å². The van der Waals surface area contributed by atoms with Crippen LogP contribution in [0, 0.1) is 0 Å². The van der Waals surface area contributed by atoms with E-state index in [9.17, 15) is 13.2 Å². The van der Waals surface area contributed by atoms with Crippen LogP contribution in [-0.4, -0.2) is 46.4 Å². The third kappa shape index (κ3) is 5.24. The van der Waals surface area contributed by atoms with Gasteiger partial charge >= 0.3 is 0 Å². The Labute approximate surface area is 178 Å². The van der Waals surface area contributed by atoms with Crippen molar-refractivity contribution in [1.29, 1.82) is 0 Å². The summed E-state index contributed by atoms with van der Waals surface area (Å²) < 4.78 is 37.5. The quantitative estimate of drug-likeness (QED) is 0.710. The van der Waals surface area contributed by atoms with Gasteiger partial charge in [-0.15, -0.1) is 0 Å². The highest BCUT2D eigenvalue weighted by molar-refractivity contribution is 7.92. The van der Waals surface area contributed by atoms with E-state index in [1.807, 2.05) is 42.5 Å². The van der Waals surface area contributed by atoms with E-state index in [-0.39, 0.29) is 24.4 Å². The lowest BCUT2D eigenvalue weighted by atomic mass is 9.86. The van der Waals surface area contributed by atoms with E-state index in [1.165, 1.54) is 4.31 Å². The molecule has 0 radical (unpaired) electrons. The normalized spacial score (nSPS) is 16.4. The number of carbonyl (C=O) groups is 1. The number of carbonyl (C=O) groups excluding carboxylic acids is 1. The molecule has 0 spiro atoms. The van der Waals surface area contributed by atoms with Gasteiger partial charge in [0.1, 0.15) is 18.1 Å². The van der Waals surface area contributed by atoms with Crippen LogP contribution in [0.4, 0.5) is 5.69 Å². The van der Waals surface area contributed by atoms with Crippen molar-refractivity contribution in [2.24, 2.45) is 0 Å². The van der Waals surface area contributed by atoms with E-state index in [0.29, 0.717) is 23.8 Å². The number of amides is 1. The summed E-state index contributed by atoms with van der Waals surface area (Å²) in [4.78, 5) is 12.6. The Bertz CT molecular complexity index is 1000. The maximum absolute atomic E-state index is 12.6. The molecule has 1 aliphatic rings. The summed E-state index contributed by atoms with van der Waals surface area (Å²) in [5.41, 5.74) is 1.30. The molecule has 30 heavy (non-hydrogen) atoms. The van der Waals surface area contributed by atoms with Gasteiger partial charge in [0.2, 0.25) is 10.0 Å². The highest BCUT2D eigenvalue weighted by Gasteiger charge is 2.35. The minimum atomic E-state index is -3.58. The summed E-state index contributed by atoms with van der Waals surface area (Å²) in [6.45, 7) is 6.65. The molecule has 3 rings (SSSR count). The first kappa shape index (κ1) is 22.0. The van der Waals surface area contributed by atoms with Gasteiger partial charge in [-0.3, -0.25) is 9.10 Å². The molecule has 0 aromatic heterocycles. The monoisotopic (exact) mass is 432 g/mol. The second-order valence-corrected chi connectivity index (χ2v) is 10.2. The Morgan fingerprint density at radius 3 is 2.53 bits per heavy atom. The number of fused-ring (bicyclic) bond motifs is 1. The van der Waals surface area contributed by atoms with E-state index < -0.39 is 16.1 Å². The molecule has 1 amide bonds. The molecule has 0 fully saturated rings. The molecular weight excluding hydrogens is 404 g/mol. The lowest BCUT2D eigenvalue weighted by Gasteiger charge is -2.35. The number of rotatable bonds is 6. The molecule has 2 aromatic carbocycles. The molecule has 0 aliphatic carbocycles. The van der Waals surface area contributed by atoms with Crippen LogP contribution in [0.25, 0.3) is 0 Å². The maximum Gasteiger partial charge on any atom is 0.263 e. The van der Waals surface area contributed by atoms with Crippen molar-refractivity contribution in [2.45, 2.75) is 32.3 Å². The number of anilines is 1. The molecular formula is C22H28N2O5S. The van der Waals surface area contributed by atoms with Crippen LogP contribution >= 0.6 is 0 Å². The van der Waals surface area contributed by atoms with Crippen LogP contribution < -0.4 is 19.1 Å². The van der Waals surface area contributed by atoms with E-state index in [2.05, 4.69) is 26.1 Å². The first-order valence-corrected chi connectivity index (χ1v) is 11.6. The Morgan fingerprint density at radius 2 is 1.90 bits per heavy atom. The fourth-order valence-electron chi connectivity index (χ4n) is 3.14. The fraction of sp³-hybridized carbons (Fsp3) is 0.409. The summed E-state index contributed by atoms with van der Waals surface area (Å²) in [5.74, 6) is 0.707. The zero-order valence-corrected chi connectivity index (χ0v) is 18.5. The zero-order chi connectivity index (χ0) is 21.9. The minimum Gasteiger partial charge on any atom is -0.492 e. The Morgan fingerprint density at radius 1 is 1.20 bits per heavy atom. The molecule has 1 N–H and O–H groups in total. The molecule has 0 bridgehead atoms. The standard InChI is InChI=1S/C22H28N2O5S/c1-22(2,3)16-10-11-19-18(14-16)24(30(4,26)27)15-20(29-19)21(25)23-12-13-28-17-8-6-5-7-9-17/h5-11,14,20H,12-13,15H2,1-4H3,(H,23,25)/t20-/m1/s1. The number of para-hydroxylation sites is 1. The van der Waals surface area contributed by atoms with Gasteiger partial charge in [0, 0.05) is 0 Å². The van der Waals surface area contributed by atoms with E-state index >= 15 is 0 Å². The molecule has 0 saturated heterocycles. The SMILES string of the molecule is CC(C)(C)c1ccc2c(c1)N(S(C)(=O)=O)C[C@H](C(=O)NCCOc1ccccc1)O2. The van der Waals surface area contributed by atoms with Crippen LogP contribution in [0.15, 0.2) is 48.5 Å². The molecule has 162 valence electrons. The van der Waals surface area contributed by atoms with Gasteiger partial charge < -0.3 is 14.8 Å². The number of hydrogen-bond acceptors (Lipinski definition) is 5. The van der Waals surface area contributed by atoms with Crippen LogP contribution in [0.3, 0.4) is 0 Å². The number of nitrogens with zero attached hydrogens (tertiary/aromatic N) is 1. The smallest absolute Gasteiger partial charge is 0.263 e. The topological polar surface area (TPSA) is 84.9 Å². The third-order valence-corrected chi connectivity index (χ3v) is 5.95. The predicted octanol–water partition coefficient (Wildman–Crippen LogP) is 2.71. The van der Waals surface area contributed by atoms with E-state index in [1.54, 1.807) is 6.07 Å². The van der Waals surface area contributed by atoms with E-state index in [4.69, 9.17) is 9.47 Å². The zero-order valence-electron chi connectivity index (χ0n) is 17.7. The number of benzene rings is 2. The summed E-state index contributed by atoms with van der Waals surface area (Å²) in [7, 11) is -3.58. The van der Waals surface area contributed by atoms with Gasteiger partial charge in [-0.05, 0) is 35.2 Å². The first-order valence-electron chi connectivity index (χ1n) is 9.80. The van der Waals surface area contributed by atoms with Crippen LogP contribution in [-0.2, 0) is 20.2 Å². The minimum absolute atomic E-state index is 0.0786. The van der Waals surface area contributed by atoms with Crippen LogP contribution in [0.2, 0.25) is 0 Å². The average molecular weight is 433 g/mol. The Balaban J connectivity index is 1.69. The molecule has 7 nitrogen and oxygen atoms in total. The second-order valence-electron chi connectivity index (χ2n) is 8.29. The highest BCUT2D eigenvalue weighted by atomic mass is 32.2. The Kier molecular flexibility index (Phi) is 6.26. The summed E-state index contributed by atoms with van der Waals surface area (Å²) >= 11 is 0. The van der Waals surface area contributed by atoms with Crippen molar-refractivity contribution in [1.82, 2.24) is 5.32 Å². The average Bonchev–Trinajstić information content (AvgIpc) is 2.69. The largest absolute Gasteiger partial charge is 0.492 e. The number of nitrogens with one attached hydrogen (secondary N) is 1. The molecule has 8 heteroatoms. The van der Waals surface area contributed by atoms with Crippen molar-refractivity contribution >= 4 is 21.6 Å². The van der Waals surface area contributed by atoms with Gasteiger partial charge in [-0.1, -0.05) is 45.0 Å². The first-order chi connectivity index (χ1) is 14.1. The summed E-state index contributed by atoms with van der Waals surface area (Å²) in [5, 5.41) is 2.75. The van der Waals surface area contributed by atoms with Crippen molar-refractivity contribution in [3.8, 4) is 11.5 Å². The van der Waals surface area contributed by atoms with Crippen molar-refractivity contribution in [2.75, 3.05) is 30.3 Å². The maximum atomic E-state index is 12.6. The molecule has 1 aliphatic heterocycles. The van der Waals surface area contributed by atoms with E-state index in [0.717, 1.165) is 11.8 Å². The molecule has 1 atom stereocenters. The molecule has 0 unspecified atom stereocenters. The van der Waals surface area contributed by atoms with Crippen molar-refractivity contribution in [3.63, 3.8) is 0 Å². The second kappa shape index (κ2) is 8.55. The molecule has 0 saturated carbocycles. The summed E-state index contributed by atoms with van der Waals surface area (Å²) in [6.07, 6.45) is 0.193. The number of sulfonamides is 1. The number of hydrogen-bond donors (Lipinski definition) is 1. The van der Waals surface area contributed by atoms with Gasteiger partial charge in [-0.25, -0.2) is 8.42 Å². The van der Waals surface area contributed by atoms with Gasteiger partial charge in [0.25, 0.3) is 5.91 Å². The fourth-order valence-corrected chi connectivity index (χ4v) is 4.05. The molecule has 2 aromatic rings. The van der Waals surface area contributed by atoms with Crippen molar-refractivity contribution < 1.29 is 22.7 Å². The van der Waals surface area contributed by atoms with Gasteiger partial charge in [0.05, 0.1) is 25.0 Å². The van der Waals surface area contributed by atoms with Gasteiger partial charge in [0.15, 0.2) is 6.10 Å². The van der Waals surface area contributed by atoms with Gasteiger partial charge in [-0.2, -0.15) is 0 Å². The third-order valence-electron chi connectivity index (χ3n) is 4.80. The predicted molar refractivity (Wildman–Crippen MR) is 117 cm³/mol. The number of ether oxygens (including phenoxy) is 2. The highest BCUT2D eigenvalue weighted by Crippen LogP contribution is 2.38. The lowest BCUT2D eigenvalue weighted by molar-refractivity contribution is -0.127. The molecule has 1 heterocycles. The van der Waals surface area contributed by atoms with Crippen LogP contribution in [0.5, 0.6) is 11.5 Å². The van der Waals surface area contributed by atoms with Crippen LogP contribution in [0.1, 0.15) is 26.3 Å². The Hall–Kier alpha value is -2.74. The lowest BCUT2D eigenvalue weighted by Crippen LogP contribution is -2.51. The summed E-state index contributed by atoms with van der Waals surface area (Å²) in [6, 6.07) is 14.7.